The molecule has 164 valence electrons. The maximum absolute atomic E-state index is 13.4. The SMILES string of the molecule is CCNS(=O)(=O)c1cccc(-c2cccc(-c3ccnc4c(C(F)(F)F)cccc34)c2)c1. The highest BCUT2D eigenvalue weighted by Gasteiger charge is 2.33. The zero-order valence-corrected chi connectivity index (χ0v) is 17.8. The van der Waals surface area contributed by atoms with Crippen LogP contribution in [0.3, 0.4) is 0 Å². The molecule has 32 heavy (non-hydrogen) atoms. The van der Waals surface area contributed by atoms with Crippen LogP contribution in [0.1, 0.15) is 12.5 Å². The molecule has 0 saturated heterocycles. The van der Waals surface area contributed by atoms with E-state index in [9.17, 15) is 21.6 Å². The van der Waals surface area contributed by atoms with Gasteiger partial charge in [-0.25, -0.2) is 13.1 Å². The van der Waals surface area contributed by atoms with Crippen LogP contribution >= 0.6 is 0 Å². The summed E-state index contributed by atoms with van der Waals surface area (Å²) in [7, 11) is -3.62. The van der Waals surface area contributed by atoms with E-state index in [4.69, 9.17) is 0 Å². The highest BCUT2D eigenvalue weighted by molar-refractivity contribution is 7.89. The van der Waals surface area contributed by atoms with Crippen LogP contribution in [0.25, 0.3) is 33.2 Å². The van der Waals surface area contributed by atoms with E-state index >= 15 is 0 Å². The summed E-state index contributed by atoms with van der Waals surface area (Å²) in [5.41, 5.74) is 1.85. The van der Waals surface area contributed by atoms with Gasteiger partial charge in [-0.15, -0.1) is 0 Å². The van der Waals surface area contributed by atoms with E-state index in [1.54, 1.807) is 49.4 Å². The normalized spacial score (nSPS) is 12.2. The minimum absolute atomic E-state index is 0.110. The zero-order valence-electron chi connectivity index (χ0n) is 17.0. The molecule has 0 saturated carbocycles. The Kier molecular flexibility index (Phi) is 5.75. The molecule has 1 aromatic heterocycles. The Morgan fingerprint density at radius 1 is 0.875 bits per heavy atom. The molecule has 0 bridgehead atoms. The Balaban J connectivity index is 1.83. The molecule has 8 heteroatoms. The van der Waals surface area contributed by atoms with Gasteiger partial charge in [0, 0.05) is 18.1 Å². The van der Waals surface area contributed by atoms with Crippen molar-refractivity contribution in [1.29, 1.82) is 0 Å². The average Bonchev–Trinajstić information content (AvgIpc) is 2.78. The van der Waals surface area contributed by atoms with E-state index in [0.29, 0.717) is 22.1 Å². The van der Waals surface area contributed by atoms with Crippen molar-refractivity contribution in [1.82, 2.24) is 9.71 Å². The van der Waals surface area contributed by atoms with Crippen LogP contribution in [0.5, 0.6) is 0 Å². The molecule has 0 spiro atoms. The molecule has 0 aliphatic heterocycles. The standard InChI is InChI=1S/C24H19F3N2O2S/c1-2-29-32(30,31)19-9-4-7-17(15-19)16-6-3-8-18(14-16)20-12-13-28-23-21(20)10-5-11-22(23)24(25,26)27/h3-15,29H,2H2,1H3. The van der Waals surface area contributed by atoms with Crippen LogP contribution in [-0.2, 0) is 16.2 Å². The van der Waals surface area contributed by atoms with Gasteiger partial charge in [-0.3, -0.25) is 4.98 Å². The second-order valence-electron chi connectivity index (χ2n) is 7.17. The number of pyridine rings is 1. The number of alkyl halides is 3. The van der Waals surface area contributed by atoms with Crippen LogP contribution in [0.15, 0.2) is 83.9 Å². The van der Waals surface area contributed by atoms with Gasteiger partial charge in [0.2, 0.25) is 10.0 Å². The van der Waals surface area contributed by atoms with Gasteiger partial charge in [0.25, 0.3) is 0 Å². The zero-order chi connectivity index (χ0) is 22.9. The van der Waals surface area contributed by atoms with E-state index < -0.39 is 21.8 Å². The molecule has 0 atom stereocenters. The molecule has 0 unspecified atom stereocenters. The van der Waals surface area contributed by atoms with Gasteiger partial charge in [0.15, 0.2) is 0 Å². The second kappa shape index (κ2) is 8.37. The van der Waals surface area contributed by atoms with Crippen molar-refractivity contribution in [3.63, 3.8) is 0 Å². The van der Waals surface area contributed by atoms with Gasteiger partial charge in [0.1, 0.15) is 0 Å². The summed E-state index contributed by atoms with van der Waals surface area (Å²) < 4.78 is 67.5. The van der Waals surface area contributed by atoms with Crippen molar-refractivity contribution in [2.45, 2.75) is 18.0 Å². The van der Waals surface area contributed by atoms with Crippen LogP contribution in [0.2, 0.25) is 0 Å². The van der Waals surface area contributed by atoms with Gasteiger partial charge >= 0.3 is 6.18 Å². The molecule has 0 aliphatic carbocycles. The van der Waals surface area contributed by atoms with Gasteiger partial charge < -0.3 is 0 Å². The lowest BCUT2D eigenvalue weighted by Gasteiger charge is -2.13. The fourth-order valence-electron chi connectivity index (χ4n) is 3.64. The fraction of sp³-hybridized carbons (Fsp3) is 0.125. The highest BCUT2D eigenvalue weighted by Crippen LogP contribution is 2.37. The topological polar surface area (TPSA) is 59.1 Å². The third kappa shape index (κ3) is 4.24. The number of fused-ring (bicyclic) bond motifs is 1. The molecule has 0 aliphatic rings. The third-order valence-electron chi connectivity index (χ3n) is 5.06. The first kappa shape index (κ1) is 22.0. The molecule has 4 aromatic rings. The lowest BCUT2D eigenvalue weighted by Crippen LogP contribution is -2.23. The summed E-state index contributed by atoms with van der Waals surface area (Å²) in [6, 6.07) is 19.5. The summed E-state index contributed by atoms with van der Waals surface area (Å²) in [4.78, 5) is 4.12. The molecule has 4 rings (SSSR count). The van der Waals surface area contributed by atoms with Crippen molar-refractivity contribution >= 4 is 20.9 Å². The van der Waals surface area contributed by atoms with Crippen LogP contribution < -0.4 is 4.72 Å². The van der Waals surface area contributed by atoms with Crippen molar-refractivity contribution in [3.8, 4) is 22.3 Å². The monoisotopic (exact) mass is 456 g/mol. The summed E-state index contributed by atoms with van der Waals surface area (Å²) in [6.45, 7) is 1.98. The molecule has 4 nitrogen and oxygen atoms in total. The second-order valence-corrected chi connectivity index (χ2v) is 8.93. The van der Waals surface area contributed by atoms with Gasteiger partial charge in [0.05, 0.1) is 16.0 Å². The number of halogens is 3. The van der Waals surface area contributed by atoms with E-state index in [0.717, 1.165) is 11.6 Å². The Labute approximate surface area is 183 Å². The maximum Gasteiger partial charge on any atom is 0.418 e. The smallest absolute Gasteiger partial charge is 0.256 e. The molecule has 1 N–H and O–H groups in total. The van der Waals surface area contributed by atoms with E-state index in [2.05, 4.69) is 9.71 Å². The number of hydrogen-bond acceptors (Lipinski definition) is 3. The average molecular weight is 456 g/mol. The molecule has 1 heterocycles. The van der Waals surface area contributed by atoms with E-state index in [1.807, 2.05) is 12.1 Å². The minimum atomic E-state index is -4.51. The Morgan fingerprint density at radius 2 is 1.53 bits per heavy atom. The van der Waals surface area contributed by atoms with Crippen molar-refractivity contribution < 1.29 is 21.6 Å². The van der Waals surface area contributed by atoms with Crippen molar-refractivity contribution in [2.75, 3.05) is 6.54 Å². The third-order valence-corrected chi connectivity index (χ3v) is 6.61. The Hall–Kier alpha value is -3.23. The predicted molar refractivity (Wildman–Crippen MR) is 118 cm³/mol. The van der Waals surface area contributed by atoms with E-state index in [-0.39, 0.29) is 17.0 Å². The number of benzene rings is 3. The fourth-order valence-corrected chi connectivity index (χ4v) is 4.73. The van der Waals surface area contributed by atoms with Gasteiger partial charge in [-0.2, -0.15) is 13.2 Å². The number of hydrogen-bond donors (Lipinski definition) is 1. The lowest BCUT2D eigenvalue weighted by molar-refractivity contribution is -0.136. The molecule has 3 aromatic carbocycles. The largest absolute Gasteiger partial charge is 0.418 e. The summed E-state index contributed by atoms with van der Waals surface area (Å²) in [5, 5.41) is 0.392. The van der Waals surface area contributed by atoms with Crippen LogP contribution in [0, 0.1) is 0 Å². The number of nitrogens with zero attached hydrogens (tertiary/aromatic N) is 1. The van der Waals surface area contributed by atoms with Crippen LogP contribution in [0.4, 0.5) is 13.2 Å². The van der Waals surface area contributed by atoms with Gasteiger partial charge in [-0.05, 0) is 52.6 Å². The van der Waals surface area contributed by atoms with Crippen molar-refractivity contribution in [2.24, 2.45) is 0 Å². The van der Waals surface area contributed by atoms with Crippen LogP contribution in [-0.4, -0.2) is 19.9 Å². The van der Waals surface area contributed by atoms with Crippen molar-refractivity contribution in [3.05, 3.63) is 84.6 Å². The Bertz CT molecular complexity index is 1400. The molecular formula is C24H19F3N2O2S. The lowest BCUT2D eigenvalue weighted by atomic mass is 9.96. The molecule has 0 radical (unpaired) electrons. The molecular weight excluding hydrogens is 437 g/mol. The highest BCUT2D eigenvalue weighted by atomic mass is 32.2. The number of sulfonamides is 1. The number of para-hydroxylation sites is 1. The first-order chi connectivity index (χ1) is 15.2. The summed E-state index contributed by atoms with van der Waals surface area (Å²) >= 11 is 0. The number of aromatic nitrogens is 1. The predicted octanol–water partition coefficient (Wildman–Crippen LogP) is 5.89. The van der Waals surface area contributed by atoms with Gasteiger partial charge in [-0.1, -0.05) is 49.4 Å². The molecule has 0 fully saturated rings. The summed E-state index contributed by atoms with van der Waals surface area (Å²) in [6.07, 6.45) is -3.14. The first-order valence-corrected chi connectivity index (χ1v) is 11.3. The Morgan fingerprint density at radius 3 is 2.25 bits per heavy atom. The molecule has 0 amide bonds. The number of nitrogens with one attached hydrogen (secondary N) is 1. The number of rotatable bonds is 5. The summed E-state index contributed by atoms with van der Waals surface area (Å²) in [5.74, 6) is 0. The minimum Gasteiger partial charge on any atom is -0.256 e. The quantitative estimate of drug-likeness (QED) is 0.408. The first-order valence-electron chi connectivity index (χ1n) is 9.86. The van der Waals surface area contributed by atoms with E-state index in [1.165, 1.54) is 18.3 Å². The maximum atomic E-state index is 13.4.